The Balaban J connectivity index is 1.70. The van der Waals surface area contributed by atoms with Gasteiger partial charge in [-0.05, 0) is 55.0 Å². The normalized spacial score (nSPS) is 17.0. The van der Waals surface area contributed by atoms with Crippen LogP contribution in [0.25, 0.3) is 11.1 Å². The topological polar surface area (TPSA) is 33.2 Å². The minimum atomic E-state index is 0.0838. The molecule has 0 atom stereocenters. The lowest BCUT2D eigenvalue weighted by atomic mass is 10.0. The number of benzene rings is 1. The van der Waals surface area contributed by atoms with Gasteiger partial charge < -0.3 is 4.90 Å². The molecule has 1 aromatic carbocycles. The third kappa shape index (κ3) is 2.40. The highest BCUT2D eigenvalue weighted by Gasteiger charge is 2.34. The van der Waals surface area contributed by atoms with Crippen LogP contribution in [0.1, 0.15) is 34.5 Å². The van der Waals surface area contributed by atoms with Gasteiger partial charge in [-0.25, -0.2) is 0 Å². The summed E-state index contributed by atoms with van der Waals surface area (Å²) < 4.78 is 0. The summed E-state index contributed by atoms with van der Waals surface area (Å²) in [6.45, 7) is 3.51. The third-order valence-corrected chi connectivity index (χ3v) is 4.75. The van der Waals surface area contributed by atoms with E-state index in [0.29, 0.717) is 23.0 Å². The van der Waals surface area contributed by atoms with Crippen LogP contribution in [-0.4, -0.2) is 22.3 Å². The lowest BCUT2D eigenvalue weighted by Gasteiger charge is -2.14. The largest absolute Gasteiger partial charge is 0.334 e. The molecule has 4 heteroatoms. The van der Waals surface area contributed by atoms with Crippen LogP contribution in [0.2, 0.25) is 5.02 Å². The summed E-state index contributed by atoms with van der Waals surface area (Å²) in [5.41, 5.74) is 4.77. The summed E-state index contributed by atoms with van der Waals surface area (Å²) in [6.07, 6.45) is 4.34. The van der Waals surface area contributed by atoms with Crippen LogP contribution in [0.15, 0.2) is 30.5 Å². The van der Waals surface area contributed by atoms with Crippen molar-refractivity contribution >= 4 is 17.5 Å². The highest BCUT2D eigenvalue weighted by molar-refractivity contribution is 6.34. The van der Waals surface area contributed by atoms with Crippen LogP contribution in [0.3, 0.4) is 0 Å². The van der Waals surface area contributed by atoms with Gasteiger partial charge in [0.15, 0.2) is 0 Å². The van der Waals surface area contributed by atoms with Gasteiger partial charge >= 0.3 is 0 Å². The molecule has 4 rings (SSSR count). The predicted octanol–water partition coefficient (Wildman–Crippen LogP) is 4.08. The number of hydrogen-bond donors (Lipinski definition) is 0. The van der Waals surface area contributed by atoms with Crippen LogP contribution in [0, 0.1) is 12.8 Å². The van der Waals surface area contributed by atoms with Gasteiger partial charge in [-0.1, -0.05) is 17.7 Å². The van der Waals surface area contributed by atoms with Gasteiger partial charge in [-0.15, -0.1) is 0 Å². The molecule has 2 heterocycles. The lowest BCUT2D eigenvalue weighted by molar-refractivity contribution is 0.0771. The van der Waals surface area contributed by atoms with E-state index in [4.69, 9.17) is 11.6 Å². The van der Waals surface area contributed by atoms with Crippen LogP contribution in [0.5, 0.6) is 0 Å². The molecule has 3 nitrogen and oxygen atoms in total. The number of carbonyl (C=O) groups is 1. The second kappa shape index (κ2) is 5.10. The molecule has 0 unspecified atom stereocenters. The number of aryl methyl sites for hydroxylation is 1. The van der Waals surface area contributed by atoms with Crippen LogP contribution in [0.4, 0.5) is 0 Å². The van der Waals surface area contributed by atoms with E-state index in [1.54, 1.807) is 0 Å². The molecule has 0 bridgehead atoms. The lowest BCUT2D eigenvalue weighted by Crippen LogP contribution is -2.26. The summed E-state index contributed by atoms with van der Waals surface area (Å²) in [5.74, 6) is 0.776. The van der Waals surface area contributed by atoms with Crippen LogP contribution >= 0.6 is 11.6 Å². The monoisotopic (exact) mass is 312 g/mol. The predicted molar refractivity (Wildman–Crippen MR) is 86.9 cm³/mol. The number of hydrogen-bond acceptors (Lipinski definition) is 2. The maximum Gasteiger partial charge on any atom is 0.256 e. The second-order valence-electron chi connectivity index (χ2n) is 6.31. The number of fused-ring (bicyclic) bond motifs is 1. The molecule has 1 saturated carbocycles. The van der Waals surface area contributed by atoms with Gasteiger partial charge in [0.25, 0.3) is 5.91 Å². The molecule has 2 aliphatic rings. The SMILES string of the molecule is Cc1ccc(-c2cc(Cl)c3c(c2)CN(CC2CC2)C3=O)cn1. The van der Waals surface area contributed by atoms with E-state index in [0.717, 1.165) is 28.9 Å². The van der Waals surface area contributed by atoms with Crippen LogP contribution in [-0.2, 0) is 6.54 Å². The molecule has 0 spiro atoms. The van der Waals surface area contributed by atoms with Crippen LogP contribution < -0.4 is 0 Å². The van der Waals surface area contributed by atoms with Gasteiger partial charge in [0, 0.05) is 30.5 Å². The molecule has 1 aromatic heterocycles. The smallest absolute Gasteiger partial charge is 0.256 e. The van der Waals surface area contributed by atoms with Crippen molar-refractivity contribution in [3.05, 3.63) is 52.3 Å². The minimum Gasteiger partial charge on any atom is -0.334 e. The molecule has 0 saturated heterocycles. The number of nitrogens with zero attached hydrogens (tertiary/aromatic N) is 2. The number of amides is 1. The molecule has 22 heavy (non-hydrogen) atoms. The van der Waals surface area contributed by atoms with Gasteiger partial charge in [-0.2, -0.15) is 0 Å². The number of carbonyl (C=O) groups excluding carboxylic acids is 1. The zero-order chi connectivity index (χ0) is 15.3. The fraction of sp³-hybridized carbons (Fsp3) is 0.333. The summed E-state index contributed by atoms with van der Waals surface area (Å²) in [4.78, 5) is 18.8. The van der Waals surface area contributed by atoms with Gasteiger partial charge in [-0.3, -0.25) is 9.78 Å². The first kappa shape index (κ1) is 13.8. The highest BCUT2D eigenvalue weighted by Crippen LogP contribution is 2.37. The summed E-state index contributed by atoms with van der Waals surface area (Å²) in [6, 6.07) is 7.99. The molecule has 1 amide bonds. The number of pyridine rings is 1. The average molecular weight is 313 g/mol. The number of halogens is 1. The van der Waals surface area contributed by atoms with Gasteiger partial charge in [0.2, 0.25) is 0 Å². The Morgan fingerprint density at radius 2 is 2.09 bits per heavy atom. The Kier molecular flexibility index (Phi) is 3.19. The van der Waals surface area contributed by atoms with Crippen molar-refractivity contribution in [2.45, 2.75) is 26.3 Å². The molecule has 0 radical (unpaired) electrons. The molecular weight excluding hydrogens is 296 g/mol. The Morgan fingerprint density at radius 1 is 1.27 bits per heavy atom. The van der Waals surface area contributed by atoms with Crippen molar-refractivity contribution in [2.24, 2.45) is 5.92 Å². The van der Waals surface area contributed by atoms with Crippen molar-refractivity contribution in [3.63, 3.8) is 0 Å². The molecule has 0 N–H and O–H groups in total. The molecule has 112 valence electrons. The maximum atomic E-state index is 12.5. The van der Waals surface area contributed by atoms with E-state index in [2.05, 4.69) is 11.1 Å². The molecule has 2 aromatic rings. The molecule has 1 fully saturated rings. The zero-order valence-corrected chi connectivity index (χ0v) is 13.2. The first-order chi connectivity index (χ1) is 10.6. The quantitative estimate of drug-likeness (QED) is 0.855. The Hall–Kier alpha value is -1.87. The van der Waals surface area contributed by atoms with Gasteiger partial charge in [0.05, 0.1) is 10.6 Å². The van der Waals surface area contributed by atoms with Crippen molar-refractivity contribution in [1.82, 2.24) is 9.88 Å². The Labute approximate surface area is 134 Å². The van der Waals surface area contributed by atoms with Crippen molar-refractivity contribution in [1.29, 1.82) is 0 Å². The Bertz CT molecular complexity index is 750. The van der Waals surface area contributed by atoms with E-state index in [9.17, 15) is 4.79 Å². The van der Waals surface area contributed by atoms with E-state index in [-0.39, 0.29) is 5.91 Å². The van der Waals surface area contributed by atoms with Crippen molar-refractivity contribution < 1.29 is 4.79 Å². The molecule has 1 aliphatic heterocycles. The van der Waals surface area contributed by atoms with E-state index >= 15 is 0 Å². The van der Waals surface area contributed by atoms with E-state index in [1.807, 2.05) is 36.2 Å². The molecule has 1 aliphatic carbocycles. The fourth-order valence-corrected chi connectivity index (χ4v) is 3.35. The average Bonchev–Trinajstić information content (AvgIpc) is 3.24. The standard InChI is InChI=1S/C18H17ClN2O/c1-11-2-5-13(8-20-11)14-6-15-10-21(9-12-3-4-12)18(22)17(15)16(19)7-14/h2,5-8,12H,3-4,9-10H2,1H3. The summed E-state index contributed by atoms with van der Waals surface area (Å²) in [7, 11) is 0. The first-order valence-electron chi connectivity index (χ1n) is 7.66. The van der Waals surface area contributed by atoms with E-state index < -0.39 is 0 Å². The first-order valence-corrected chi connectivity index (χ1v) is 8.04. The number of rotatable bonds is 3. The third-order valence-electron chi connectivity index (χ3n) is 4.45. The second-order valence-corrected chi connectivity index (χ2v) is 6.72. The number of aromatic nitrogens is 1. The zero-order valence-electron chi connectivity index (χ0n) is 12.5. The minimum absolute atomic E-state index is 0.0838. The highest BCUT2D eigenvalue weighted by atomic mass is 35.5. The summed E-state index contributed by atoms with van der Waals surface area (Å²) >= 11 is 6.40. The fourth-order valence-electron chi connectivity index (χ4n) is 3.03. The Morgan fingerprint density at radius 3 is 2.77 bits per heavy atom. The maximum absolute atomic E-state index is 12.5. The van der Waals surface area contributed by atoms with Gasteiger partial charge in [0.1, 0.15) is 0 Å². The molecular formula is C18H17ClN2O. The van der Waals surface area contributed by atoms with Crippen molar-refractivity contribution in [2.75, 3.05) is 6.54 Å². The van der Waals surface area contributed by atoms with Crippen molar-refractivity contribution in [3.8, 4) is 11.1 Å². The summed E-state index contributed by atoms with van der Waals surface area (Å²) in [5, 5.41) is 0.552. The van der Waals surface area contributed by atoms with E-state index in [1.165, 1.54) is 12.8 Å².